The number of thiazole rings is 1. The van der Waals surface area contributed by atoms with Crippen LogP contribution in [-0.2, 0) is 0 Å². The van der Waals surface area contributed by atoms with Crippen molar-refractivity contribution in [3.05, 3.63) is 28.9 Å². The van der Waals surface area contributed by atoms with Crippen LogP contribution in [0.4, 0.5) is 16.6 Å². The summed E-state index contributed by atoms with van der Waals surface area (Å²) in [6.45, 7) is 1.97. The minimum atomic E-state index is 0.697. The highest BCUT2D eigenvalue weighted by molar-refractivity contribution is 7.13. The van der Waals surface area contributed by atoms with Crippen LogP contribution in [0.2, 0.25) is 0 Å². The van der Waals surface area contributed by atoms with Crippen molar-refractivity contribution in [1.29, 1.82) is 0 Å². The zero-order chi connectivity index (χ0) is 11.8. The summed E-state index contributed by atoms with van der Waals surface area (Å²) in [5.74, 6) is 1.50. The molecule has 0 radical (unpaired) electrons. The molecule has 0 atom stereocenters. The zero-order valence-electron chi connectivity index (χ0n) is 9.60. The van der Waals surface area contributed by atoms with Crippen LogP contribution < -0.4 is 11.1 Å². The second-order valence-corrected chi connectivity index (χ2v) is 5.26. The Balaban J connectivity index is 1.78. The van der Waals surface area contributed by atoms with E-state index >= 15 is 0 Å². The Bertz CT molecular complexity index is 545. The van der Waals surface area contributed by atoms with Crippen LogP contribution in [0.5, 0.6) is 0 Å². The van der Waals surface area contributed by atoms with Gasteiger partial charge in [0.1, 0.15) is 5.82 Å². The predicted molar refractivity (Wildman–Crippen MR) is 70.8 cm³/mol. The van der Waals surface area contributed by atoms with Gasteiger partial charge in [0.25, 0.3) is 0 Å². The van der Waals surface area contributed by atoms with Crippen LogP contribution in [0.25, 0.3) is 0 Å². The van der Waals surface area contributed by atoms with E-state index in [4.69, 9.17) is 5.73 Å². The molecule has 0 aromatic carbocycles. The van der Waals surface area contributed by atoms with Crippen LogP contribution in [0, 0.1) is 6.92 Å². The van der Waals surface area contributed by atoms with E-state index in [1.807, 2.05) is 13.0 Å². The Morgan fingerprint density at radius 2 is 2.29 bits per heavy atom. The highest BCUT2D eigenvalue weighted by Gasteiger charge is 2.26. The highest BCUT2D eigenvalue weighted by atomic mass is 32.1. The van der Waals surface area contributed by atoms with Gasteiger partial charge < -0.3 is 11.1 Å². The highest BCUT2D eigenvalue weighted by Crippen LogP contribution is 2.41. The van der Waals surface area contributed by atoms with Crippen LogP contribution in [0.1, 0.15) is 30.0 Å². The molecule has 0 spiro atoms. The average Bonchev–Trinajstić information content (AvgIpc) is 3.06. The number of hydrogen-bond acceptors (Lipinski definition) is 5. The van der Waals surface area contributed by atoms with Gasteiger partial charge in [0.2, 0.25) is 0 Å². The molecule has 17 heavy (non-hydrogen) atoms. The molecule has 2 aromatic rings. The first kappa shape index (κ1) is 10.5. The fraction of sp³-hybridized carbons (Fsp3) is 0.333. The van der Waals surface area contributed by atoms with E-state index in [9.17, 15) is 0 Å². The molecule has 0 bridgehead atoms. The summed E-state index contributed by atoms with van der Waals surface area (Å²) in [6.07, 6.45) is 4.23. The van der Waals surface area contributed by atoms with Gasteiger partial charge in [-0.25, -0.2) is 9.97 Å². The third-order valence-electron chi connectivity index (χ3n) is 2.90. The summed E-state index contributed by atoms with van der Waals surface area (Å²) >= 11 is 1.63. The van der Waals surface area contributed by atoms with Crippen molar-refractivity contribution >= 4 is 28.0 Å². The van der Waals surface area contributed by atoms with E-state index in [0.717, 1.165) is 16.5 Å². The third-order valence-corrected chi connectivity index (χ3v) is 3.68. The normalized spacial score (nSPS) is 14.9. The Hall–Kier alpha value is -1.62. The first-order valence-corrected chi connectivity index (χ1v) is 6.55. The number of rotatable bonds is 3. The van der Waals surface area contributed by atoms with Gasteiger partial charge >= 0.3 is 0 Å². The van der Waals surface area contributed by atoms with Crippen molar-refractivity contribution in [3.63, 3.8) is 0 Å². The molecule has 2 aromatic heterocycles. The van der Waals surface area contributed by atoms with E-state index in [0.29, 0.717) is 11.6 Å². The summed E-state index contributed by atoms with van der Waals surface area (Å²) in [7, 11) is 0. The van der Waals surface area contributed by atoms with Crippen molar-refractivity contribution in [1.82, 2.24) is 9.97 Å². The number of anilines is 3. The number of aryl methyl sites for hydroxylation is 1. The molecule has 88 valence electrons. The Morgan fingerprint density at radius 3 is 3.00 bits per heavy atom. The molecular formula is C12H14N4S. The van der Waals surface area contributed by atoms with Gasteiger partial charge in [0.05, 0.1) is 17.6 Å². The first-order valence-electron chi connectivity index (χ1n) is 5.67. The predicted octanol–water partition coefficient (Wildman–Crippen LogP) is 3.05. The molecule has 0 saturated heterocycles. The molecular weight excluding hydrogens is 232 g/mol. The molecule has 3 rings (SSSR count). The summed E-state index contributed by atoms with van der Waals surface area (Å²) in [6, 6.07) is 1.94. The number of hydrogen-bond donors (Lipinski definition) is 2. The van der Waals surface area contributed by atoms with Gasteiger partial charge in [0, 0.05) is 11.3 Å². The lowest BCUT2D eigenvalue weighted by molar-refractivity contribution is 1.05. The van der Waals surface area contributed by atoms with E-state index in [1.54, 1.807) is 17.5 Å². The maximum atomic E-state index is 5.73. The monoisotopic (exact) mass is 246 g/mol. The lowest BCUT2D eigenvalue weighted by Gasteiger charge is -2.04. The van der Waals surface area contributed by atoms with Crippen LogP contribution in [0.3, 0.4) is 0 Å². The minimum absolute atomic E-state index is 0.697. The molecule has 3 N–H and O–H groups in total. The minimum Gasteiger partial charge on any atom is -0.397 e. The van der Waals surface area contributed by atoms with Crippen molar-refractivity contribution in [3.8, 4) is 0 Å². The van der Waals surface area contributed by atoms with Crippen LogP contribution in [-0.4, -0.2) is 9.97 Å². The molecule has 0 unspecified atom stereocenters. The number of nitrogens with one attached hydrogen (secondary N) is 1. The molecule has 0 amide bonds. The molecule has 1 fully saturated rings. The molecule has 1 saturated carbocycles. The average molecular weight is 246 g/mol. The topological polar surface area (TPSA) is 63.8 Å². The second kappa shape index (κ2) is 4.00. The van der Waals surface area contributed by atoms with Crippen LogP contribution in [0.15, 0.2) is 17.6 Å². The number of pyridine rings is 1. The lowest BCUT2D eigenvalue weighted by atomic mass is 10.2. The van der Waals surface area contributed by atoms with Gasteiger partial charge in [-0.15, -0.1) is 11.3 Å². The van der Waals surface area contributed by atoms with E-state index in [2.05, 4.69) is 20.7 Å². The Morgan fingerprint density at radius 1 is 1.47 bits per heavy atom. The Labute approximate surface area is 104 Å². The smallest absolute Gasteiger partial charge is 0.188 e. The molecule has 4 nitrogen and oxygen atoms in total. The number of aromatic nitrogens is 2. The van der Waals surface area contributed by atoms with Crippen LogP contribution >= 0.6 is 11.3 Å². The largest absolute Gasteiger partial charge is 0.397 e. The number of nitrogens with two attached hydrogens (primary N) is 1. The molecule has 2 heterocycles. The van der Waals surface area contributed by atoms with Crippen molar-refractivity contribution < 1.29 is 0 Å². The maximum absolute atomic E-state index is 5.73. The first-order chi connectivity index (χ1) is 8.22. The number of nitrogen functional groups attached to an aromatic ring is 1. The summed E-state index contributed by atoms with van der Waals surface area (Å²) in [4.78, 5) is 8.79. The number of nitrogens with zero attached hydrogens (tertiary/aromatic N) is 2. The van der Waals surface area contributed by atoms with Gasteiger partial charge in [-0.2, -0.15) is 0 Å². The van der Waals surface area contributed by atoms with Gasteiger partial charge in [-0.3, -0.25) is 0 Å². The standard InChI is InChI=1S/C12H14N4S/c1-7-4-11(14-5-9(7)13)16-12-15-10(6-17-12)8-2-3-8/h4-6,8H,2-3,13H2,1H3,(H,14,15,16). The maximum Gasteiger partial charge on any atom is 0.188 e. The van der Waals surface area contributed by atoms with Crippen molar-refractivity contribution in [2.24, 2.45) is 0 Å². The van der Waals surface area contributed by atoms with Gasteiger partial charge in [-0.05, 0) is 31.4 Å². The summed E-state index contributed by atoms with van der Waals surface area (Å²) in [5.41, 5.74) is 8.69. The van der Waals surface area contributed by atoms with E-state index in [1.165, 1.54) is 18.5 Å². The van der Waals surface area contributed by atoms with E-state index < -0.39 is 0 Å². The summed E-state index contributed by atoms with van der Waals surface area (Å²) < 4.78 is 0. The quantitative estimate of drug-likeness (QED) is 0.873. The fourth-order valence-electron chi connectivity index (χ4n) is 1.65. The van der Waals surface area contributed by atoms with E-state index in [-0.39, 0.29) is 0 Å². The second-order valence-electron chi connectivity index (χ2n) is 4.40. The van der Waals surface area contributed by atoms with Crippen molar-refractivity contribution in [2.75, 3.05) is 11.1 Å². The van der Waals surface area contributed by atoms with Crippen molar-refractivity contribution in [2.45, 2.75) is 25.7 Å². The molecule has 1 aliphatic carbocycles. The molecule has 5 heteroatoms. The van der Waals surface area contributed by atoms with Gasteiger partial charge in [0.15, 0.2) is 5.13 Å². The molecule has 0 aliphatic heterocycles. The third kappa shape index (κ3) is 2.24. The Kier molecular flexibility index (Phi) is 2.48. The SMILES string of the molecule is Cc1cc(Nc2nc(C3CC3)cs2)ncc1N. The fourth-order valence-corrected chi connectivity index (χ4v) is 2.45. The van der Waals surface area contributed by atoms with Gasteiger partial charge in [-0.1, -0.05) is 0 Å². The summed E-state index contributed by atoms with van der Waals surface area (Å²) in [5, 5.41) is 6.25. The lowest BCUT2D eigenvalue weighted by Crippen LogP contribution is -1.97. The zero-order valence-corrected chi connectivity index (χ0v) is 10.4. The molecule has 1 aliphatic rings.